The van der Waals surface area contributed by atoms with Gasteiger partial charge in [0, 0.05) is 31.5 Å². The monoisotopic (exact) mass is 338 g/mol. The number of hydrogen-bond donors (Lipinski definition) is 1. The van der Waals surface area contributed by atoms with Crippen LogP contribution in [0.1, 0.15) is 24.4 Å². The Kier molecular flexibility index (Phi) is 4.46. The van der Waals surface area contributed by atoms with E-state index in [4.69, 9.17) is 0 Å². The van der Waals surface area contributed by atoms with E-state index in [1.807, 2.05) is 10.8 Å². The quantitative estimate of drug-likeness (QED) is 0.906. The van der Waals surface area contributed by atoms with Gasteiger partial charge in [-0.3, -0.25) is 0 Å². The number of benzene rings is 1. The molecule has 8 heteroatoms. The van der Waals surface area contributed by atoms with Crippen LogP contribution in [0.5, 0.6) is 0 Å². The number of likely N-dealkylation sites (tertiary alicyclic amines) is 1. The van der Waals surface area contributed by atoms with Crippen LogP contribution in [0.3, 0.4) is 0 Å². The minimum Gasteiger partial charge on any atom is -0.334 e. The number of carbonyl (C=O) groups is 1. The fourth-order valence-electron chi connectivity index (χ4n) is 2.89. The van der Waals surface area contributed by atoms with E-state index in [2.05, 4.69) is 10.3 Å². The molecule has 0 atom stereocenters. The van der Waals surface area contributed by atoms with Gasteiger partial charge in [-0.1, -0.05) is 12.1 Å². The van der Waals surface area contributed by atoms with Crippen molar-refractivity contribution in [3.05, 3.63) is 48.5 Å². The highest BCUT2D eigenvalue weighted by atomic mass is 19.4. The van der Waals surface area contributed by atoms with E-state index in [9.17, 15) is 18.0 Å². The number of para-hydroxylation sites is 1. The normalized spacial score (nSPS) is 16.2. The number of aromatic nitrogens is 2. The van der Waals surface area contributed by atoms with Crippen LogP contribution in [0.25, 0.3) is 0 Å². The Balaban J connectivity index is 1.63. The SMILES string of the molecule is O=C(Nc1ccccc1C(F)(F)F)N1CCC(n2ccnc2)CC1. The Bertz CT molecular complexity index is 692. The summed E-state index contributed by atoms with van der Waals surface area (Å²) < 4.78 is 40.9. The van der Waals surface area contributed by atoms with E-state index in [-0.39, 0.29) is 11.7 Å². The summed E-state index contributed by atoms with van der Waals surface area (Å²) in [6.07, 6.45) is 2.29. The fraction of sp³-hybridized carbons (Fsp3) is 0.375. The molecule has 1 aromatic carbocycles. The van der Waals surface area contributed by atoms with Crippen molar-refractivity contribution in [3.63, 3.8) is 0 Å². The molecular weight excluding hydrogens is 321 g/mol. The number of anilines is 1. The van der Waals surface area contributed by atoms with Gasteiger partial charge in [-0.05, 0) is 25.0 Å². The minimum atomic E-state index is -4.50. The second-order valence-corrected chi connectivity index (χ2v) is 5.70. The maximum absolute atomic E-state index is 13.0. The maximum Gasteiger partial charge on any atom is 0.418 e. The van der Waals surface area contributed by atoms with Crippen LogP contribution in [0.4, 0.5) is 23.7 Å². The van der Waals surface area contributed by atoms with Crippen molar-refractivity contribution in [3.8, 4) is 0 Å². The van der Waals surface area contributed by atoms with Crippen molar-refractivity contribution in [2.75, 3.05) is 18.4 Å². The molecule has 1 saturated heterocycles. The molecule has 5 nitrogen and oxygen atoms in total. The zero-order valence-corrected chi connectivity index (χ0v) is 12.8. The number of alkyl halides is 3. The molecule has 24 heavy (non-hydrogen) atoms. The zero-order chi connectivity index (χ0) is 17.2. The maximum atomic E-state index is 13.0. The lowest BCUT2D eigenvalue weighted by molar-refractivity contribution is -0.136. The second-order valence-electron chi connectivity index (χ2n) is 5.70. The average molecular weight is 338 g/mol. The molecule has 0 saturated carbocycles. The number of amides is 2. The average Bonchev–Trinajstić information content (AvgIpc) is 3.09. The number of nitrogens with zero attached hydrogens (tertiary/aromatic N) is 3. The van der Waals surface area contributed by atoms with Crippen LogP contribution in [0.15, 0.2) is 43.0 Å². The second kappa shape index (κ2) is 6.54. The Morgan fingerprint density at radius 3 is 2.54 bits per heavy atom. The highest BCUT2D eigenvalue weighted by Crippen LogP contribution is 2.34. The number of urea groups is 1. The molecule has 2 amide bonds. The van der Waals surface area contributed by atoms with E-state index in [1.54, 1.807) is 17.4 Å². The van der Waals surface area contributed by atoms with Crippen LogP contribution in [-0.4, -0.2) is 33.6 Å². The number of piperidine rings is 1. The third-order valence-electron chi connectivity index (χ3n) is 4.17. The van der Waals surface area contributed by atoms with Crippen LogP contribution >= 0.6 is 0 Å². The summed E-state index contributed by atoms with van der Waals surface area (Å²) in [5.74, 6) is 0. The first-order valence-electron chi connectivity index (χ1n) is 7.65. The molecule has 1 N–H and O–H groups in total. The van der Waals surface area contributed by atoms with E-state index in [0.717, 1.165) is 18.9 Å². The summed E-state index contributed by atoms with van der Waals surface area (Å²) in [7, 11) is 0. The van der Waals surface area contributed by atoms with Gasteiger partial charge in [-0.2, -0.15) is 13.2 Å². The topological polar surface area (TPSA) is 50.2 Å². The van der Waals surface area contributed by atoms with Gasteiger partial charge in [0.15, 0.2) is 0 Å². The number of rotatable bonds is 2. The van der Waals surface area contributed by atoms with Crippen LogP contribution in [0, 0.1) is 0 Å². The van der Waals surface area contributed by atoms with Gasteiger partial charge in [0.1, 0.15) is 0 Å². The molecule has 0 bridgehead atoms. The van der Waals surface area contributed by atoms with Crippen molar-refractivity contribution in [1.29, 1.82) is 0 Å². The molecule has 1 fully saturated rings. The van der Waals surface area contributed by atoms with Crippen molar-refractivity contribution in [1.82, 2.24) is 14.5 Å². The summed E-state index contributed by atoms with van der Waals surface area (Å²) >= 11 is 0. The predicted molar refractivity (Wildman–Crippen MR) is 82.5 cm³/mol. The summed E-state index contributed by atoms with van der Waals surface area (Å²) in [4.78, 5) is 17.8. The Hall–Kier alpha value is -2.51. The predicted octanol–water partition coefficient (Wildman–Crippen LogP) is 3.77. The number of hydrogen-bond acceptors (Lipinski definition) is 2. The van der Waals surface area contributed by atoms with E-state index in [1.165, 1.54) is 18.2 Å². The molecule has 0 radical (unpaired) electrons. The first-order valence-corrected chi connectivity index (χ1v) is 7.65. The van der Waals surface area contributed by atoms with Crippen molar-refractivity contribution >= 4 is 11.7 Å². The van der Waals surface area contributed by atoms with Gasteiger partial charge in [0.2, 0.25) is 0 Å². The molecule has 2 aromatic rings. The molecule has 128 valence electrons. The Morgan fingerprint density at radius 1 is 1.21 bits per heavy atom. The number of halogens is 3. The molecule has 0 aliphatic carbocycles. The van der Waals surface area contributed by atoms with E-state index >= 15 is 0 Å². The largest absolute Gasteiger partial charge is 0.418 e. The summed E-state index contributed by atoms with van der Waals surface area (Å²) in [5.41, 5.74) is -1.06. The molecule has 1 aliphatic rings. The number of nitrogens with one attached hydrogen (secondary N) is 1. The zero-order valence-electron chi connectivity index (χ0n) is 12.8. The third kappa shape index (κ3) is 3.52. The van der Waals surface area contributed by atoms with Crippen LogP contribution < -0.4 is 5.32 Å². The van der Waals surface area contributed by atoms with Gasteiger partial charge in [0.05, 0.1) is 17.6 Å². The van der Waals surface area contributed by atoms with Crippen LogP contribution in [0.2, 0.25) is 0 Å². The van der Waals surface area contributed by atoms with Gasteiger partial charge in [-0.25, -0.2) is 9.78 Å². The number of carbonyl (C=O) groups excluding carboxylic acids is 1. The van der Waals surface area contributed by atoms with Gasteiger partial charge in [-0.15, -0.1) is 0 Å². The van der Waals surface area contributed by atoms with Crippen molar-refractivity contribution < 1.29 is 18.0 Å². The van der Waals surface area contributed by atoms with Gasteiger partial charge < -0.3 is 14.8 Å². The lowest BCUT2D eigenvalue weighted by atomic mass is 10.1. The first kappa shape index (κ1) is 16.4. The minimum absolute atomic E-state index is 0.216. The van der Waals surface area contributed by atoms with Gasteiger partial charge >= 0.3 is 12.2 Å². The fourth-order valence-corrected chi connectivity index (χ4v) is 2.89. The molecule has 1 aliphatic heterocycles. The Labute approximate surface area is 137 Å². The highest BCUT2D eigenvalue weighted by molar-refractivity contribution is 5.90. The molecule has 0 unspecified atom stereocenters. The summed E-state index contributed by atoms with van der Waals surface area (Å²) in [6, 6.07) is 4.75. The third-order valence-corrected chi connectivity index (χ3v) is 4.17. The summed E-state index contributed by atoms with van der Waals surface area (Å²) in [6.45, 7) is 0.978. The Morgan fingerprint density at radius 2 is 1.92 bits per heavy atom. The lowest BCUT2D eigenvalue weighted by Crippen LogP contribution is -2.41. The number of imidazole rings is 1. The van der Waals surface area contributed by atoms with Crippen molar-refractivity contribution in [2.24, 2.45) is 0 Å². The summed E-state index contributed by atoms with van der Waals surface area (Å²) in [5, 5.41) is 2.38. The standard InChI is InChI=1S/C16H17F3N4O/c17-16(18,19)13-3-1-2-4-14(13)21-15(24)22-8-5-12(6-9-22)23-10-7-20-11-23/h1-4,7,10-12H,5-6,8-9H2,(H,21,24). The van der Waals surface area contributed by atoms with E-state index in [0.29, 0.717) is 13.1 Å². The first-order chi connectivity index (χ1) is 11.4. The van der Waals surface area contributed by atoms with Crippen LogP contribution in [-0.2, 0) is 6.18 Å². The molecule has 0 spiro atoms. The van der Waals surface area contributed by atoms with E-state index < -0.39 is 17.8 Å². The smallest absolute Gasteiger partial charge is 0.334 e. The molecule has 3 rings (SSSR count). The van der Waals surface area contributed by atoms with Crippen molar-refractivity contribution in [2.45, 2.75) is 25.1 Å². The molecule has 2 heterocycles. The van der Waals surface area contributed by atoms with Gasteiger partial charge in [0.25, 0.3) is 0 Å². The highest BCUT2D eigenvalue weighted by Gasteiger charge is 2.34. The molecular formula is C16H17F3N4O. The molecule has 1 aromatic heterocycles. The lowest BCUT2D eigenvalue weighted by Gasteiger charge is -2.32.